The van der Waals surface area contributed by atoms with E-state index >= 15 is 0 Å². The number of halogens is 1. The van der Waals surface area contributed by atoms with E-state index in [-0.39, 0.29) is 11.7 Å². The molecule has 0 unspecified atom stereocenters. The molecule has 168 valence electrons. The Hall–Kier alpha value is -3.39. The molecule has 8 heteroatoms. The van der Waals surface area contributed by atoms with Crippen LogP contribution in [-0.4, -0.2) is 42.9 Å². The standard InChI is InChI=1S/C25H25FN6O/c26-18-7-9-19(10-8-18)32-23-6-3-4-20(23)22(29-32)16-31-14-11-17(12-15-31)25-28-24(30-33-25)21-5-1-2-13-27-21/h1-2,5,7-10,13,17H,3-4,6,11-12,14-16H2. The number of rotatable bonds is 5. The van der Waals surface area contributed by atoms with Gasteiger partial charge in [0.1, 0.15) is 11.5 Å². The summed E-state index contributed by atoms with van der Waals surface area (Å²) in [7, 11) is 0. The molecule has 1 fully saturated rings. The van der Waals surface area contributed by atoms with Crippen LogP contribution in [0.4, 0.5) is 4.39 Å². The van der Waals surface area contributed by atoms with Crippen molar-refractivity contribution in [3.63, 3.8) is 0 Å². The molecule has 0 bridgehead atoms. The average molecular weight is 445 g/mol. The maximum atomic E-state index is 13.4. The fourth-order valence-corrected chi connectivity index (χ4v) is 4.99. The van der Waals surface area contributed by atoms with Gasteiger partial charge in [-0.1, -0.05) is 11.2 Å². The highest BCUT2D eigenvalue weighted by Gasteiger charge is 2.28. The lowest BCUT2D eigenvalue weighted by Crippen LogP contribution is -2.33. The van der Waals surface area contributed by atoms with Crippen molar-refractivity contribution in [3.05, 3.63) is 77.3 Å². The molecule has 0 amide bonds. The highest BCUT2D eigenvalue weighted by atomic mass is 19.1. The van der Waals surface area contributed by atoms with E-state index in [0.717, 1.165) is 68.8 Å². The first-order chi connectivity index (χ1) is 16.2. The predicted octanol–water partition coefficient (Wildman–Crippen LogP) is 4.32. The maximum Gasteiger partial charge on any atom is 0.230 e. The fraction of sp³-hybridized carbons (Fsp3) is 0.360. The van der Waals surface area contributed by atoms with Crippen molar-refractivity contribution in [2.45, 2.75) is 44.6 Å². The molecule has 1 aliphatic heterocycles. The molecule has 2 aliphatic rings. The van der Waals surface area contributed by atoms with Gasteiger partial charge in [-0.3, -0.25) is 9.88 Å². The molecule has 7 nitrogen and oxygen atoms in total. The minimum atomic E-state index is -0.223. The van der Waals surface area contributed by atoms with Gasteiger partial charge in [-0.15, -0.1) is 0 Å². The first-order valence-electron chi connectivity index (χ1n) is 11.6. The smallest absolute Gasteiger partial charge is 0.230 e. The van der Waals surface area contributed by atoms with Crippen LogP contribution in [0.15, 0.2) is 53.2 Å². The number of pyridine rings is 1. The highest BCUT2D eigenvalue weighted by molar-refractivity contribution is 5.47. The Morgan fingerprint density at radius 2 is 1.88 bits per heavy atom. The Labute approximate surface area is 191 Å². The third-order valence-electron chi connectivity index (χ3n) is 6.73. The SMILES string of the molecule is Fc1ccc(-n2nc(CN3CCC(c4nc(-c5ccccn5)no4)CC3)c3c2CCC3)cc1. The first-order valence-corrected chi connectivity index (χ1v) is 11.6. The van der Waals surface area contributed by atoms with Gasteiger partial charge in [0.2, 0.25) is 11.7 Å². The van der Waals surface area contributed by atoms with Crippen LogP contribution in [0.5, 0.6) is 0 Å². The summed E-state index contributed by atoms with van der Waals surface area (Å²) >= 11 is 0. The molecular formula is C25H25FN6O. The van der Waals surface area contributed by atoms with Gasteiger partial charge in [0, 0.05) is 24.4 Å². The molecule has 0 spiro atoms. The van der Waals surface area contributed by atoms with Crippen molar-refractivity contribution in [3.8, 4) is 17.2 Å². The molecule has 6 rings (SSSR count). The third kappa shape index (κ3) is 3.95. The molecule has 3 aromatic heterocycles. The molecule has 0 radical (unpaired) electrons. The van der Waals surface area contributed by atoms with Gasteiger partial charge in [-0.2, -0.15) is 10.1 Å². The normalized spacial score (nSPS) is 16.9. The number of nitrogens with zero attached hydrogens (tertiary/aromatic N) is 6. The fourth-order valence-electron chi connectivity index (χ4n) is 4.99. The van der Waals surface area contributed by atoms with Crippen molar-refractivity contribution in [2.75, 3.05) is 13.1 Å². The van der Waals surface area contributed by atoms with Gasteiger partial charge in [-0.25, -0.2) is 9.07 Å². The van der Waals surface area contributed by atoms with E-state index in [1.165, 1.54) is 23.4 Å². The van der Waals surface area contributed by atoms with Crippen LogP contribution < -0.4 is 0 Å². The van der Waals surface area contributed by atoms with Gasteiger partial charge in [-0.05, 0) is 87.2 Å². The lowest BCUT2D eigenvalue weighted by atomic mass is 9.96. The number of hydrogen-bond donors (Lipinski definition) is 0. The van der Waals surface area contributed by atoms with E-state index in [1.54, 1.807) is 18.3 Å². The molecular weight excluding hydrogens is 419 g/mol. The van der Waals surface area contributed by atoms with E-state index in [1.807, 2.05) is 22.9 Å². The summed E-state index contributed by atoms with van der Waals surface area (Å²) in [6.07, 6.45) is 6.94. The van der Waals surface area contributed by atoms with Gasteiger partial charge in [0.15, 0.2) is 0 Å². The van der Waals surface area contributed by atoms with Gasteiger partial charge in [0.05, 0.1) is 11.4 Å². The number of aromatic nitrogens is 5. The first kappa shape index (κ1) is 20.2. The van der Waals surface area contributed by atoms with E-state index in [9.17, 15) is 4.39 Å². The number of piperidine rings is 1. The van der Waals surface area contributed by atoms with Crippen LogP contribution in [-0.2, 0) is 19.4 Å². The van der Waals surface area contributed by atoms with Crippen molar-refractivity contribution in [1.82, 2.24) is 29.8 Å². The second-order valence-corrected chi connectivity index (χ2v) is 8.84. The Morgan fingerprint density at radius 1 is 1.03 bits per heavy atom. The van der Waals surface area contributed by atoms with Gasteiger partial charge >= 0.3 is 0 Å². The van der Waals surface area contributed by atoms with E-state index in [4.69, 9.17) is 9.62 Å². The van der Waals surface area contributed by atoms with E-state index in [2.05, 4.69) is 20.0 Å². The number of likely N-dealkylation sites (tertiary alicyclic amines) is 1. The summed E-state index contributed by atoms with van der Waals surface area (Å²) < 4.78 is 21.0. The van der Waals surface area contributed by atoms with Gasteiger partial charge < -0.3 is 4.52 Å². The monoisotopic (exact) mass is 444 g/mol. The zero-order valence-corrected chi connectivity index (χ0v) is 18.3. The van der Waals surface area contributed by atoms with Crippen molar-refractivity contribution in [1.29, 1.82) is 0 Å². The molecule has 0 saturated carbocycles. The lowest BCUT2D eigenvalue weighted by Gasteiger charge is -2.29. The minimum absolute atomic E-state index is 0.223. The van der Waals surface area contributed by atoms with Crippen LogP contribution in [0.3, 0.4) is 0 Å². The molecule has 0 N–H and O–H groups in total. The molecule has 33 heavy (non-hydrogen) atoms. The van der Waals surface area contributed by atoms with Gasteiger partial charge in [0.25, 0.3) is 0 Å². The largest absolute Gasteiger partial charge is 0.339 e. The summed E-state index contributed by atoms with van der Waals surface area (Å²) in [4.78, 5) is 11.4. The van der Waals surface area contributed by atoms with E-state index in [0.29, 0.717) is 11.7 Å². The Bertz CT molecular complexity index is 1240. The molecule has 0 atom stereocenters. The topological polar surface area (TPSA) is 72.9 Å². The van der Waals surface area contributed by atoms with Crippen LogP contribution in [0.1, 0.15) is 48.0 Å². The minimum Gasteiger partial charge on any atom is -0.339 e. The second-order valence-electron chi connectivity index (χ2n) is 8.84. The molecule has 4 heterocycles. The van der Waals surface area contributed by atoms with Crippen LogP contribution in [0.2, 0.25) is 0 Å². The molecule has 1 aliphatic carbocycles. The molecule has 1 aromatic carbocycles. The zero-order chi connectivity index (χ0) is 22.2. The quantitative estimate of drug-likeness (QED) is 0.456. The van der Waals surface area contributed by atoms with Crippen LogP contribution >= 0.6 is 0 Å². The Balaban J connectivity index is 1.13. The summed E-state index contributed by atoms with van der Waals surface area (Å²) in [6, 6.07) is 12.3. The summed E-state index contributed by atoms with van der Waals surface area (Å²) in [5.74, 6) is 1.31. The number of benzene rings is 1. The van der Waals surface area contributed by atoms with E-state index < -0.39 is 0 Å². The average Bonchev–Trinajstić information content (AvgIpc) is 3.59. The Morgan fingerprint density at radius 3 is 2.67 bits per heavy atom. The predicted molar refractivity (Wildman–Crippen MR) is 120 cm³/mol. The van der Waals surface area contributed by atoms with Crippen LogP contribution in [0, 0.1) is 5.82 Å². The summed E-state index contributed by atoms with van der Waals surface area (Å²) in [5.41, 5.74) is 5.47. The van der Waals surface area contributed by atoms with Crippen molar-refractivity contribution < 1.29 is 8.91 Å². The third-order valence-corrected chi connectivity index (χ3v) is 6.73. The molecule has 1 saturated heterocycles. The highest BCUT2D eigenvalue weighted by Crippen LogP contribution is 2.32. The molecule has 4 aromatic rings. The lowest BCUT2D eigenvalue weighted by molar-refractivity contribution is 0.185. The van der Waals surface area contributed by atoms with Crippen molar-refractivity contribution >= 4 is 0 Å². The summed E-state index contributed by atoms with van der Waals surface area (Å²) in [5, 5.41) is 9.07. The second kappa shape index (κ2) is 8.51. The number of hydrogen-bond acceptors (Lipinski definition) is 6. The van der Waals surface area contributed by atoms with Crippen molar-refractivity contribution in [2.24, 2.45) is 0 Å². The zero-order valence-electron chi connectivity index (χ0n) is 18.3. The maximum absolute atomic E-state index is 13.4. The summed E-state index contributed by atoms with van der Waals surface area (Å²) in [6.45, 7) is 2.76. The number of fused-ring (bicyclic) bond motifs is 1. The Kier molecular flexibility index (Phi) is 5.22. The van der Waals surface area contributed by atoms with Crippen LogP contribution in [0.25, 0.3) is 17.2 Å².